The maximum absolute atomic E-state index is 12.0. The van der Waals surface area contributed by atoms with Crippen molar-refractivity contribution < 1.29 is 9.59 Å². The van der Waals surface area contributed by atoms with E-state index in [1.54, 1.807) is 6.07 Å². The number of carbonyl (C=O) groups excluding carboxylic acids is 2. The average Bonchev–Trinajstić information content (AvgIpc) is 2.97. The van der Waals surface area contributed by atoms with Crippen LogP contribution in [0.15, 0.2) is 18.2 Å². The second kappa shape index (κ2) is 6.36. The minimum Gasteiger partial charge on any atom is -0.355 e. The van der Waals surface area contributed by atoms with Gasteiger partial charge >= 0.3 is 0 Å². The lowest BCUT2D eigenvalue weighted by atomic mass is 10.2. The molecular weight excluding hydrogens is 294 g/mol. The van der Waals surface area contributed by atoms with Gasteiger partial charge in [0.1, 0.15) is 5.82 Å². The van der Waals surface area contributed by atoms with Crippen molar-refractivity contribution >= 4 is 29.1 Å². The standard InChI is InChI=1S/C13H14ClN5O2/c1-3-10-17-11(19-18-10)13(21)16-9-6-7(12(20)15-2)4-5-8(9)14/h4-6H,3H2,1-2H3,(H,15,20)(H,16,21)(H,17,18,19). The molecule has 8 heteroatoms. The highest BCUT2D eigenvalue weighted by atomic mass is 35.5. The summed E-state index contributed by atoms with van der Waals surface area (Å²) in [7, 11) is 1.52. The first kappa shape index (κ1) is 15.0. The van der Waals surface area contributed by atoms with Gasteiger partial charge in [0.2, 0.25) is 5.82 Å². The summed E-state index contributed by atoms with van der Waals surface area (Å²) in [4.78, 5) is 27.6. The summed E-state index contributed by atoms with van der Waals surface area (Å²) in [5, 5.41) is 11.9. The highest BCUT2D eigenvalue weighted by Gasteiger charge is 2.15. The molecule has 0 unspecified atom stereocenters. The summed E-state index contributed by atoms with van der Waals surface area (Å²) in [5.74, 6) is -0.131. The Morgan fingerprint density at radius 3 is 2.71 bits per heavy atom. The molecule has 2 amide bonds. The molecule has 0 saturated heterocycles. The third kappa shape index (κ3) is 3.38. The molecule has 7 nitrogen and oxygen atoms in total. The SMILES string of the molecule is CCc1nc(C(=O)Nc2cc(C(=O)NC)ccc2Cl)n[nH]1. The monoisotopic (exact) mass is 307 g/mol. The van der Waals surface area contributed by atoms with Gasteiger partial charge < -0.3 is 10.6 Å². The van der Waals surface area contributed by atoms with E-state index in [0.29, 0.717) is 28.5 Å². The number of amides is 2. The first-order chi connectivity index (χ1) is 10.0. The molecular formula is C13H14ClN5O2. The number of halogens is 1. The van der Waals surface area contributed by atoms with Gasteiger partial charge in [0, 0.05) is 19.0 Å². The zero-order valence-electron chi connectivity index (χ0n) is 11.5. The van der Waals surface area contributed by atoms with Crippen LogP contribution in [0.3, 0.4) is 0 Å². The molecule has 1 heterocycles. The van der Waals surface area contributed by atoms with Crippen molar-refractivity contribution in [3.05, 3.63) is 40.4 Å². The molecule has 21 heavy (non-hydrogen) atoms. The van der Waals surface area contributed by atoms with Crippen LogP contribution in [-0.2, 0) is 6.42 Å². The molecule has 0 fully saturated rings. The van der Waals surface area contributed by atoms with Crippen molar-refractivity contribution in [1.29, 1.82) is 0 Å². The van der Waals surface area contributed by atoms with Crippen molar-refractivity contribution in [2.45, 2.75) is 13.3 Å². The molecule has 0 bridgehead atoms. The van der Waals surface area contributed by atoms with Crippen molar-refractivity contribution in [2.75, 3.05) is 12.4 Å². The van der Waals surface area contributed by atoms with Gasteiger partial charge in [0.15, 0.2) is 0 Å². The fraction of sp³-hybridized carbons (Fsp3) is 0.231. The van der Waals surface area contributed by atoms with Crippen molar-refractivity contribution in [3.8, 4) is 0 Å². The molecule has 2 aromatic rings. The van der Waals surface area contributed by atoms with Crippen LogP contribution < -0.4 is 10.6 Å². The predicted molar refractivity (Wildman–Crippen MR) is 78.6 cm³/mol. The van der Waals surface area contributed by atoms with Crippen LogP contribution in [0.1, 0.15) is 33.7 Å². The van der Waals surface area contributed by atoms with Crippen LogP contribution in [0.25, 0.3) is 0 Å². The number of anilines is 1. The Morgan fingerprint density at radius 2 is 2.10 bits per heavy atom. The highest BCUT2D eigenvalue weighted by molar-refractivity contribution is 6.34. The number of aryl methyl sites for hydroxylation is 1. The maximum atomic E-state index is 12.0. The number of rotatable bonds is 4. The fourth-order valence-corrected chi connectivity index (χ4v) is 1.80. The molecule has 0 aliphatic rings. The van der Waals surface area contributed by atoms with E-state index in [0.717, 1.165) is 0 Å². The highest BCUT2D eigenvalue weighted by Crippen LogP contribution is 2.23. The second-order valence-electron chi connectivity index (χ2n) is 4.19. The van der Waals surface area contributed by atoms with Crippen molar-refractivity contribution in [1.82, 2.24) is 20.5 Å². The summed E-state index contributed by atoms with van der Waals surface area (Å²) in [6, 6.07) is 4.60. The molecule has 0 aliphatic carbocycles. The minimum atomic E-state index is -0.498. The summed E-state index contributed by atoms with van der Waals surface area (Å²) in [6.07, 6.45) is 0.646. The average molecular weight is 308 g/mol. The van der Waals surface area contributed by atoms with Crippen LogP contribution in [0.5, 0.6) is 0 Å². The Balaban J connectivity index is 2.22. The van der Waals surface area contributed by atoms with Crippen LogP contribution in [0.4, 0.5) is 5.69 Å². The quantitative estimate of drug-likeness (QED) is 0.799. The number of aromatic nitrogens is 3. The molecule has 0 radical (unpaired) electrons. The van der Waals surface area contributed by atoms with Crippen LogP contribution in [0.2, 0.25) is 5.02 Å². The first-order valence-corrected chi connectivity index (χ1v) is 6.67. The topological polar surface area (TPSA) is 99.8 Å². The zero-order valence-corrected chi connectivity index (χ0v) is 12.3. The number of carbonyl (C=O) groups is 2. The first-order valence-electron chi connectivity index (χ1n) is 6.29. The molecule has 0 spiro atoms. The van der Waals surface area contributed by atoms with Crippen molar-refractivity contribution in [3.63, 3.8) is 0 Å². The summed E-state index contributed by atoms with van der Waals surface area (Å²) in [6.45, 7) is 1.89. The predicted octanol–water partition coefficient (Wildman–Crippen LogP) is 1.63. The normalized spacial score (nSPS) is 10.2. The number of aromatic amines is 1. The van der Waals surface area contributed by atoms with E-state index in [9.17, 15) is 9.59 Å². The van der Waals surface area contributed by atoms with Crippen molar-refractivity contribution in [2.24, 2.45) is 0 Å². The Labute approximate surface area is 126 Å². The molecule has 1 aromatic carbocycles. The van der Waals surface area contributed by atoms with Gasteiger partial charge in [-0.1, -0.05) is 18.5 Å². The maximum Gasteiger partial charge on any atom is 0.295 e. The smallest absolute Gasteiger partial charge is 0.295 e. The Bertz CT molecular complexity index is 683. The van der Waals surface area contributed by atoms with Gasteiger partial charge in [-0.2, -0.15) is 0 Å². The molecule has 1 aromatic heterocycles. The molecule has 0 aliphatic heterocycles. The van der Waals surface area contributed by atoms with Crippen LogP contribution >= 0.6 is 11.6 Å². The van der Waals surface area contributed by atoms with Gasteiger partial charge in [-0.25, -0.2) is 4.98 Å². The van der Waals surface area contributed by atoms with Gasteiger partial charge in [0.05, 0.1) is 10.7 Å². The third-order valence-electron chi connectivity index (χ3n) is 2.77. The Hall–Kier alpha value is -2.41. The number of hydrogen-bond donors (Lipinski definition) is 3. The third-order valence-corrected chi connectivity index (χ3v) is 3.10. The van der Waals surface area contributed by atoms with Gasteiger partial charge in [0.25, 0.3) is 11.8 Å². The number of benzene rings is 1. The summed E-state index contributed by atoms with van der Waals surface area (Å²) in [5.41, 5.74) is 0.715. The van der Waals surface area contributed by atoms with Gasteiger partial charge in [-0.15, -0.1) is 5.10 Å². The molecule has 110 valence electrons. The van der Waals surface area contributed by atoms with Crippen LogP contribution in [0, 0.1) is 0 Å². The minimum absolute atomic E-state index is 0.0215. The second-order valence-corrected chi connectivity index (χ2v) is 4.59. The summed E-state index contributed by atoms with van der Waals surface area (Å²) >= 11 is 6.01. The Kier molecular flexibility index (Phi) is 4.54. The van der Waals surface area contributed by atoms with Gasteiger partial charge in [-0.05, 0) is 18.2 Å². The molecule has 0 atom stereocenters. The molecule has 2 rings (SSSR count). The van der Waals surface area contributed by atoms with E-state index >= 15 is 0 Å². The number of nitrogens with one attached hydrogen (secondary N) is 3. The molecule has 3 N–H and O–H groups in total. The number of nitrogens with zero attached hydrogens (tertiary/aromatic N) is 2. The Morgan fingerprint density at radius 1 is 1.33 bits per heavy atom. The lowest BCUT2D eigenvalue weighted by molar-refractivity contribution is 0.0961. The van der Waals surface area contributed by atoms with E-state index in [4.69, 9.17) is 11.6 Å². The number of hydrogen-bond acceptors (Lipinski definition) is 4. The lowest BCUT2D eigenvalue weighted by Gasteiger charge is -2.07. The number of H-pyrrole nitrogens is 1. The zero-order chi connectivity index (χ0) is 15.4. The molecule has 0 saturated carbocycles. The van der Waals surface area contributed by atoms with Gasteiger partial charge in [-0.3, -0.25) is 14.7 Å². The van der Waals surface area contributed by atoms with E-state index in [-0.39, 0.29) is 11.7 Å². The van der Waals surface area contributed by atoms with Crippen LogP contribution in [-0.4, -0.2) is 34.0 Å². The van der Waals surface area contributed by atoms with E-state index < -0.39 is 5.91 Å². The van der Waals surface area contributed by atoms with E-state index in [1.165, 1.54) is 19.2 Å². The van der Waals surface area contributed by atoms with E-state index in [2.05, 4.69) is 25.8 Å². The van der Waals surface area contributed by atoms with E-state index in [1.807, 2.05) is 6.92 Å². The fourth-order valence-electron chi connectivity index (χ4n) is 1.64. The lowest BCUT2D eigenvalue weighted by Crippen LogP contribution is -2.19. The summed E-state index contributed by atoms with van der Waals surface area (Å²) < 4.78 is 0. The largest absolute Gasteiger partial charge is 0.355 e.